The van der Waals surface area contributed by atoms with Gasteiger partial charge in [0.05, 0.1) is 11.3 Å². The number of nitrogens with one attached hydrogen (secondary N) is 1. The molecule has 0 saturated carbocycles. The van der Waals surface area contributed by atoms with Crippen LogP contribution in [0.3, 0.4) is 0 Å². The summed E-state index contributed by atoms with van der Waals surface area (Å²) in [5, 5.41) is 7.54. The molecule has 0 aliphatic heterocycles. The standard InChI is InChI=1S/C25H23N5O3/c1-29(2)23(31)17-33-21-12-10-19(11-13-21)27-25(32)22-16-30(20-8-4-3-5-9-20)28-24(22)18-7-6-14-26-15-18/h3-16H,17H2,1-2H3,(H,27,32). The first kappa shape index (κ1) is 21.8. The summed E-state index contributed by atoms with van der Waals surface area (Å²) in [6.45, 7) is -0.0498. The molecule has 33 heavy (non-hydrogen) atoms. The number of likely N-dealkylation sites (N-methyl/N-ethyl adjacent to an activating group) is 1. The third-order valence-corrected chi connectivity index (χ3v) is 4.89. The number of aromatic nitrogens is 3. The van der Waals surface area contributed by atoms with E-state index in [4.69, 9.17) is 4.74 Å². The smallest absolute Gasteiger partial charge is 0.259 e. The number of anilines is 1. The Kier molecular flexibility index (Phi) is 6.45. The topological polar surface area (TPSA) is 89.4 Å². The molecule has 1 N–H and O–H groups in total. The monoisotopic (exact) mass is 441 g/mol. The van der Waals surface area contributed by atoms with Crippen molar-refractivity contribution in [2.75, 3.05) is 26.0 Å². The summed E-state index contributed by atoms with van der Waals surface area (Å²) in [4.78, 5) is 30.5. The van der Waals surface area contributed by atoms with Crippen LogP contribution in [-0.4, -0.2) is 52.2 Å². The number of hydrogen-bond donors (Lipinski definition) is 1. The molecule has 0 bridgehead atoms. The Hall–Kier alpha value is -4.46. The van der Waals surface area contributed by atoms with Crippen LogP contribution in [0, 0.1) is 0 Å². The predicted octanol–water partition coefficient (Wildman–Crippen LogP) is 3.65. The van der Waals surface area contributed by atoms with Crippen molar-refractivity contribution in [1.29, 1.82) is 0 Å². The van der Waals surface area contributed by atoms with Crippen molar-refractivity contribution in [3.8, 4) is 22.7 Å². The molecule has 0 spiro atoms. The first-order chi connectivity index (χ1) is 16.0. The lowest BCUT2D eigenvalue weighted by atomic mass is 10.1. The first-order valence-corrected chi connectivity index (χ1v) is 10.3. The molecule has 0 fully saturated rings. The van der Waals surface area contributed by atoms with Gasteiger partial charge in [-0.1, -0.05) is 18.2 Å². The van der Waals surface area contributed by atoms with Gasteiger partial charge >= 0.3 is 0 Å². The summed E-state index contributed by atoms with van der Waals surface area (Å²) in [5.74, 6) is 0.106. The number of para-hydroxylation sites is 1. The molecule has 0 aliphatic rings. The van der Waals surface area contributed by atoms with Gasteiger partial charge in [-0.2, -0.15) is 5.10 Å². The number of carbonyl (C=O) groups is 2. The summed E-state index contributed by atoms with van der Waals surface area (Å²) in [7, 11) is 3.34. The number of pyridine rings is 1. The van der Waals surface area contributed by atoms with E-state index in [-0.39, 0.29) is 18.4 Å². The van der Waals surface area contributed by atoms with Gasteiger partial charge in [-0.05, 0) is 48.5 Å². The summed E-state index contributed by atoms with van der Waals surface area (Å²) >= 11 is 0. The minimum atomic E-state index is -0.299. The van der Waals surface area contributed by atoms with Crippen LogP contribution >= 0.6 is 0 Å². The number of carbonyl (C=O) groups excluding carboxylic acids is 2. The molecule has 2 aromatic heterocycles. The molecule has 2 aromatic carbocycles. The first-order valence-electron chi connectivity index (χ1n) is 10.3. The molecule has 2 amide bonds. The van der Waals surface area contributed by atoms with Crippen LogP contribution in [0.15, 0.2) is 85.3 Å². The van der Waals surface area contributed by atoms with Crippen LogP contribution in [-0.2, 0) is 4.79 Å². The van der Waals surface area contributed by atoms with Gasteiger partial charge in [0.2, 0.25) is 0 Å². The summed E-state index contributed by atoms with van der Waals surface area (Å²) in [6, 6.07) is 20.1. The maximum Gasteiger partial charge on any atom is 0.259 e. The molecular weight excluding hydrogens is 418 g/mol. The lowest BCUT2D eigenvalue weighted by molar-refractivity contribution is -0.130. The quantitative estimate of drug-likeness (QED) is 0.473. The van der Waals surface area contributed by atoms with Crippen LogP contribution in [0.4, 0.5) is 5.69 Å². The SMILES string of the molecule is CN(C)C(=O)COc1ccc(NC(=O)c2cn(-c3ccccc3)nc2-c2cccnc2)cc1. The molecule has 0 atom stereocenters. The number of nitrogens with zero attached hydrogens (tertiary/aromatic N) is 4. The predicted molar refractivity (Wildman–Crippen MR) is 125 cm³/mol. The van der Waals surface area contributed by atoms with Gasteiger partial charge in [-0.3, -0.25) is 14.6 Å². The Balaban J connectivity index is 1.55. The third kappa shape index (κ3) is 5.24. The fraction of sp³-hybridized carbons (Fsp3) is 0.120. The second-order valence-corrected chi connectivity index (χ2v) is 7.47. The van der Waals surface area contributed by atoms with Crippen LogP contribution in [0.1, 0.15) is 10.4 Å². The average Bonchev–Trinajstić information content (AvgIpc) is 3.30. The Morgan fingerprint density at radius 2 is 1.76 bits per heavy atom. The van der Waals surface area contributed by atoms with Crippen molar-refractivity contribution < 1.29 is 14.3 Å². The van der Waals surface area contributed by atoms with E-state index in [1.807, 2.05) is 36.4 Å². The molecular formula is C25H23N5O3. The fourth-order valence-electron chi connectivity index (χ4n) is 3.08. The molecule has 4 rings (SSSR count). The van der Waals surface area contributed by atoms with E-state index < -0.39 is 0 Å². The Morgan fingerprint density at radius 1 is 1.00 bits per heavy atom. The Bertz CT molecular complexity index is 1240. The highest BCUT2D eigenvalue weighted by atomic mass is 16.5. The lowest BCUT2D eigenvalue weighted by Crippen LogP contribution is -2.27. The molecule has 0 unspecified atom stereocenters. The van der Waals surface area contributed by atoms with Crippen LogP contribution in [0.2, 0.25) is 0 Å². The van der Waals surface area contributed by atoms with Crippen molar-refractivity contribution >= 4 is 17.5 Å². The van der Waals surface area contributed by atoms with Crippen LogP contribution in [0.25, 0.3) is 16.9 Å². The van der Waals surface area contributed by atoms with Gasteiger partial charge in [0, 0.05) is 43.9 Å². The summed E-state index contributed by atoms with van der Waals surface area (Å²) in [5.41, 5.74) is 3.13. The van der Waals surface area contributed by atoms with E-state index in [9.17, 15) is 9.59 Å². The maximum atomic E-state index is 13.2. The highest BCUT2D eigenvalue weighted by Crippen LogP contribution is 2.24. The van der Waals surface area contributed by atoms with Gasteiger partial charge < -0.3 is 15.0 Å². The van der Waals surface area contributed by atoms with Gasteiger partial charge in [-0.25, -0.2) is 4.68 Å². The Morgan fingerprint density at radius 3 is 2.42 bits per heavy atom. The molecule has 166 valence electrons. The van der Waals surface area contributed by atoms with E-state index in [0.717, 1.165) is 11.3 Å². The van der Waals surface area contributed by atoms with Gasteiger partial charge in [0.15, 0.2) is 6.61 Å². The van der Waals surface area contributed by atoms with Crippen LogP contribution < -0.4 is 10.1 Å². The zero-order valence-corrected chi connectivity index (χ0v) is 18.3. The number of hydrogen-bond acceptors (Lipinski definition) is 5. The average molecular weight is 441 g/mol. The molecule has 4 aromatic rings. The number of ether oxygens (including phenoxy) is 1. The van der Waals surface area contributed by atoms with Gasteiger partial charge in [0.25, 0.3) is 11.8 Å². The molecule has 2 heterocycles. The normalized spacial score (nSPS) is 10.5. The third-order valence-electron chi connectivity index (χ3n) is 4.89. The van der Waals surface area contributed by atoms with E-state index >= 15 is 0 Å². The van der Waals surface area contributed by atoms with Crippen molar-refractivity contribution in [2.24, 2.45) is 0 Å². The Labute approximate surface area is 191 Å². The minimum absolute atomic E-state index is 0.0498. The molecule has 0 aliphatic carbocycles. The van der Waals surface area contributed by atoms with Gasteiger partial charge in [0.1, 0.15) is 11.4 Å². The zero-order valence-electron chi connectivity index (χ0n) is 18.3. The van der Waals surface area contributed by atoms with Crippen molar-refractivity contribution in [3.63, 3.8) is 0 Å². The number of rotatable bonds is 7. The van der Waals surface area contributed by atoms with Crippen molar-refractivity contribution in [2.45, 2.75) is 0 Å². The van der Waals surface area contributed by atoms with E-state index in [1.165, 1.54) is 4.90 Å². The van der Waals surface area contributed by atoms with E-state index in [1.54, 1.807) is 67.7 Å². The molecule has 8 nitrogen and oxygen atoms in total. The molecule has 0 saturated heterocycles. The fourth-order valence-corrected chi connectivity index (χ4v) is 3.08. The number of benzene rings is 2. The highest BCUT2D eigenvalue weighted by molar-refractivity contribution is 6.08. The highest BCUT2D eigenvalue weighted by Gasteiger charge is 2.19. The summed E-state index contributed by atoms with van der Waals surface area (Å²) in [6.07, 6.45) is 5.06. The van der Waals surface area contributed by atoms with E-state index in [0.29, 0.717) is 22.7 Å². The molecule has 0 radical (unpaired) electrons. The zero-order chi connectivity index (χ0) is 23.2. The maximum absolute atomic E-state index is 13.2. The van der Waals surface area contributed by atoms with Crippen molar-refractivity contribution in [3.05, 3.63) is 90.9 Å². The second kappa shape index (κ2) is 9.78. The largest absolute Gasteiger partial charge is 0.484 e. The lowest BCUT2D eigenvalue weighted by Gasteiger charge is -2.11. The minimum Gasteiger partial charge on any atom is -0.484 e. The van der Waals surface area contributed by atoms with E-state index in [2.05, 4.69) is 15.4 Å². The van der Waals surface area contributed by atoms with Gasteiger partial charge in [-0.15, -0.1) is 0 Å². The van der Waals surface area contributed by atoms with Crippen molar-refractivity contribution in [1.82, 2.24) is 19.7 Å². The second-order valence-electron chi connectivity index (χ2n) is 7.47. The molecule has 8 heteroatoms. The number of amides is 2. The van der Waals surface area contributed by atoms with Crippen LogP contribution in [0.5, 0.6) is 5.75 Å². The summed E-state index contributed by atoms with van der Waals surface area (Å²) < 4.78 is 7.16.